The number of hydrogen-bond acceptors (Lipinski definition) is 2. The van der Waals surface area contributed by atoms with Crippen LogP contribution in [0.3, 0.4) is 0 Å². The van der Waals surface area contributed by atoms with Crippen LogP contribution in [0.5, 0.6) is 5.75 Å². The molecule has 0 aliphatic rings. The molecule has 0 bridgehead atoms. The van der Waals surface area contributed by atoms with Crippen LogP contribution in [-0.4, -0.2) is 13.5 Å². The number of methoxy groups -OCH3 is 1. The maximum atomic E-state index is 8.58. The minimum atomic E-state index is 0.250. The Balaban J connectivity index is 0. The van der Waals surface area contributed by atoms with Gasteiger partial charge in [0.15, 0.2) is 0 Å². The van der Waals surface area contributed by atoms with Crippen LogP contribution in [0.2, 0.25) is 0 Å². The molecule has 0 heterocycles. The highest BCUT2D eigenvalue weighted by molar-refractivity contribution is 5.42. The predicted molar refractivity (Wildman–Crippen MR) is 68.7 cm³/mol. The van der Waals surface area contributed by atoms with E-state index in [0.29, 0.717) is 0 Å². The van der Waals surface area contributed by atoms with Gasteiger partial charge in [0.1, 0.15) is 5.75 Å². The molecule has 3 heteroatoms. The molecule has 0 aromatic heterocycles. The summed E-state index contributed by atoms with van der Waals surface area (Å²) in [7, 11) is 1.71. The average molecular weight is 225 g/mol. The molecule has 0 fully saturated rings. The van der Waals surface area contributed by atoms with Crippen LogP contribution in [0.15, 0.2) is 18.2 Å². The molecule has 2 N–H and O–H groups in total. The van der Waals surface area contributed by atoms with E-state index in [-0.39, 0.29) is 6.41 Å². The van der Waals surface area contributed by atoms with Gasteiger partial charge in [0.25, 0.3) is 0 Å². The Morgan fingerprint density at radius 2 is 1.88 bits per heavy atom. The minimum absolute atomic E-state index is 0.250. The van der Waals surface area contributed by atoms with Crippen LogP contribution in [0.25, 0.3) is 0 Å². The van der Waals surface area contributed by atoms with E-state index in [1.165, 1.54) is 11.1 Å². The van der Waals surface area contributed by atoms with E-state index in [0.717, 1.165) is 12.2 Å². The van der Waals surface area contributed by atoms with Gasteiger partial charge in [0.05, 0.1) is 7.11 Å². The zero-order valence-electron chi connectivity index (χ0n) is 10.9. The van der Waals surface area contributed by atoms with Gasteiger partial charge in [-0.3, -0.25) is 4.79 Å². The normalized spacial score (nSPS) is 7.81. The molecule has 3 nitrogen and oxygen atoms in total. The fourth-order valence-electron chi connectivity index (χ4n) is 1.08. The first kappa shape index (κ1) is 16.9. The van der Waals surface area contributed by atoms with Gasteiger partial charge in [0, 0.05) is 0 Å². The van der Waals surface area contributed by atoms with Gasteiger partial charge < -0.3 is 10.5 Å². The average Bonchev–Trinajstić information content (AvgIpc) is 2.33. The van der Waals surface area contributed by atoms with Gasteiger partial charge in [-0.05, 0) is 30.5 Å². The van der Waals surface area contributed by atoms with E-state index in [2.05, 4.69) is 37.8 Å². The van der Waals surface area contributed by atoms with E-state index in [1.54, 1.807) is 7.11 Å². The van der Waals surface area contributed by atoms with E-state index in [4.69, 9.17) is 9.53 Å². The Labute approximate surface area is 98.6 Å². The number of primary amides is 1. The van der Waals surface area contributed by atoms with Gasteiger partial charge >= 0.3 is 0 Å². The molecule has 1 rings (SSSR count). The van der Waals surface area contributed by atoms with Crippen molar-refractivity contribution in [2.24, 2.45) is 5.73 Å². The summed E-state index contributed by atoms with van der Waals surface area (Å²) in [4.78, 5) is 8.58. The van der Waals surface area contributed by atoms with Crippen molar-refractivity contribution in [3.05, 3.63) is 29.3 Å². The third-order valence-corrected chi connectivity index (χ3v) is 1.88. The Morgan fingerprint density at radius 3 is 2.25 bits per heavy atom. The predicted octanol–water partition coefficient (Wildman–Crippen LogP) is 2.69. The molecule has 0 aliphatic carbocycles. The topological polar surface area (TPSA) is 52.3 Å². The largest absolute Gasteiger partial charge is 0.496 e. The molecule has 92 valence electrons. The highest BCUT2D eigenvalue weighted by atomic mass is 16.5. The summed E-state index contributed by atoms with van der Waals surface area (Å²) in [6.07, 6.45) is 1.32. The van der Waals surface area contributed by atoms with Gasteiger partial charge in [-0.1, -0.05) is 32.9 Å². The lowest BCUT2D eigenvalue weighted by atomic mass is 10.1. The molecule has 1 aromatic rings. The number of ether oxygens (including phenoxy) is 1. The second-order valence-corrected chi connectivity index (χ2v) is 2.79. The maximum Gasteiger partial charge on any atom is 0.204 e. The summed E-state index contributed by atoms with van der Waals surface area (Å²) < 4.78 is 5.19. The van der Waals surface area contributed by atoms with Crippen LogP contribution >= 0.6 is 0 Å². The summed E-state index contributed by atoms with van der Waals surface area (Å²) in [5, 5.41) is 0. The van der Waals surface area contributed by atoms with Gasteiger partial charge in [0.2, 0.25) is 6.41 Å². The molecule has 0 radical (unpaired) electrons. The van der Waals surface area contributed by atoms with Crippen molar-refractivity contribution in [1.82, 2.24) is 0 Å². The van der Waals surface area contributed by atoms with E-state index in [9.17, 15) is 0 Å². The van der Waals surface area contributed by atoms with Gasteiger partial charge in [-0.25, -0.2) is 0 Å². The van der Waals surface area contributed by atoms with E-state index in [1.807, 2.05) is 13.8 Å². The Hall–Kier alpha value is -1.51. The zero-order chi connectivity index (χ0) is 13.0. The first-order valence-corrected chi connectivity index (χ1v) is 5.48. The van der Waals surface area contributed by atoms with Crippen LogP contribution < -0.4 is 10.5 Å². The molecular formula is C13H23NO2. The zero-order valence-corrected chi connectivity index (χ0v) is 10.9. The molecule has 0 saturated carbocycles. The van der Waals surface area contributed by atoms with E-state index >= 15 is 0 Å². The van der Waals surface area contributed by atoms with E-state index < -0.39 is 0 Å². The SMILES string of the molecule is CC.CCc1ccc(C)c(OC)c1.NC=O. The van der Waals surface area contributed by atoms with Crippen LogP contribution in [0, 0.1) is 6.92 Å². The van der Waals surface area contributed by atoms with Crippen molar-refractivity contribution < 1.29 is 9.53 Å². The van der Waals surface area contributed by atoms with Crippen LogP contribution in [-0.2, 0) is 11.2 Å². The maximum absolute atomic E-state index is 8.58. The van der Waals surface area contributed by atoms with Crippen LogP contribution in [0.1, 0.15) is 31.9 Å². The number of aryl methyl sites for hydroxylation is 2. The molecule has 0 aliphatic heterocycles. The molecule has 16 heavy (non-hydrogen) atoms. The Morgan fingerprint density at radius 1 is 1.38 bits per heavy atom. The lowest BCUT2D eigenvalue weighted by molar-refractivity contribution is -0.106. The number of hydrogen-bond donors (Lipinski definition) is 1. The number of rotatable bonds is 2. The minimum Gasteiger partial charge on any atom is -0.496 e. The molecule has 1 amide bonds. The molecule has 0 atom stereocenters. The number of carbonyl (C=O) groups is 1. The Bertz CT molecular complexity index is 285. The highest BCUT2D eigenvalue weighted by Gasteiger charge is 1.97. The third kappa shape index (κ3) is 6.87. The van der Waals surface area contributed by atoms with Gasteiger partial charge in [-0.2, -0.15) is 0 Å². The third-order valence-electron chi connectivity index (χ3n) is 1.88. The summed E-state index contributed by atoms with van der Waals surface area (Å²) in [5.74, 6) is 0.990. The van der Waals surface area contributed by atoms with Crippen molar-refractivity contribution in [3.8, 4) is 5.75 Å². The fourth-order valence-corrected chi connectivity index (χ4v) is 1.08. The van der Waals surface area contributed by atoms with Crippen molar-refractivity contribution >= 4 is 6.41 Å². The molecule has 0 spiro atoms. The summed E-state index contributed by atoms with van der Waals surface area (Å²) in [6.45, 7) is 8.20. The number of carbonyl (C=O) groups excluding carboxylic acids is 1. The monoisotopic (exact) mass is 225 g/mol. The first-order chi connectivity index (χ1) is 7.69. The molecule has 1 aromatic carbocycles. The smallest absolute Gasteiger partial charge is 0.204 e. The first-order valence-electron chi connectivity index (χ1n) is 5.48. The number of nitrogens with two attached hydrogens (primary N) is 1. The second kappa shape index (κ2) is 11.6. The fraction of sp³-hybridized carbons (Fsp3) is 0.462. The molecule has 0 unspecified atom stereocenters. The standard InChI is InChI=1S/C10H14O.C2H6.CH3NO/c1-4-9-6-5-8(2)10(7-9)11-3;1-2;2-1-3/h5-7H,4H2,1-3H3;1-2H3;1H,(H2,2,3). The quantitative estimate of drug-likeness (QED) is 0.787. The van der Waals surface area contributed by atoms with Crippen LogP contribution in [0.4, 0.5) is 0 Å². The Kier molecular flexibility index (Phi) is 12.2. The summed E-state index contributed by atoms with van der Waals surface area (Å²) in [6, 6.07) is 6.32. The molecular weight excluding hydrogens is 202 g/mol. The van der Waals surface area contributed by atoms with Crippen molar-refractivity contribution in [2.75, 3.05) is 7.11 Å². The summed E-state index contributed by atoms with van der Waals surface area (Å²) >= 11 is 0. The number of amides is 1. The summed E-state index contributed by atoms with van der Waals surface area (Å²) in [5.41, 5.74) is 6.69. The second-order valence-electron chi connectivity index (χ2n) is 2.79. The lowest BCUT2D eigenvalue weighted by Crippen LogP contribution is -1.88. The van der Waals surface area contributed by atoms with Crippen molar-refractivity contribution in [2.45, 2.75) is 34.1 Å². The molecule has 0 saturated heterocycles. The highest BCUT2D eigenvalue weighted by Crippen LogP contribution is 2.18. The van der Waals surface area contributed by atoms with Crippen molar-refractivity contribution in [3.63, 3.8) is 0 Å². The van der Waals surface area contributed by atoms with Crippen molar-refractivity contribution in [1.29, 1.82) is 0 Å². The lowest BCUT2D eigenvalue weighted by Gasteiger charge is -2.05. The number of benzene rings is 1. The van der Waals surface area contributed by atoms with Gasteiger partial charge in [-0.15, -0.1) is 0 Å².